The monoisotopic (exact) mass is 257 g/mol. The van der Waals surface area contributed by atoms with Gasteiger partial charge in [-0.2, -0.15) is 0 Å². The molecular formula is C13H31NSi2. The summed E-state index contributed by atoms with van der Waals surface area (Å²) in [5.41, 5.74) is 1.71. The van der Waals surface area contributed by atoms with E-state index in [1.54, 1.807) is 5.67 Å². The Bertz CT molecular complexity index is 192. The molecule has 0 saturated carbocycles. The number of nitrogens with zero attached hydrogens (tertiary/aromatic N) is 1. The quantitative estimate of drug-likeness (QED) is 0.602. The van der Waals surface area contributed by atoms with E-state index in [2.05, 4.69) is 38.8 Å². The lowest BCUT2D eigenvalue weighted by Gasteiger charge is -2.64. The van der Waals surface area contributed by atoms with Crippen LogP contribution in [0.4, 0.5) is 0 Å². The molecule has 0 aromatic carbocycles. The van der Waals surface area contributed by atoms with Gasteiger partial charge in [0.25, 0.3) is 0 Å². The van der Waals surface area contributed by atoms with E-state index < -0.39 is 16.5 Å². The largest absolute Gasteiger partial charge is 0.345 e. The lowest BCUT2D eigenvalue weighted by molar-refractivity contribution is 0.519. The summed E-state index contributed by atoms with van der Waals surface area (Å²) in [4.78, 5) is 0. The zero-order chi connectivity index (χ0) is 12.2. The van der Waals surface area contributed by atoms with Crippen LogP contribution in [0.2, 0.25) is 29.8 Å². The fraction of sp³-hybridized carbons (Fsp3) is 1.00. The molecule has 1 fully saturated rings. The van der Waals surface area contributed by atoms with Gasteiger partial charge in [0.1, 0.15) is 16.5 Å². The standard InChI is InChI=1S/C13H31NSi2/c1-6-11-12-14-15(7-2,8-3)13-16(14,9-4)10-5/h6-13H2,1-5H3. The van der Waals surface area contributed by atoms with Gasteiger partial charge in [-0.15, -0.1) is 0 Å². The molecule has 1 heterocycles. The third-order valence-electron chi connectivity index (χ3n) is 5.17. The van der Waals surface area contributed by atoms with Crippen LogP contribution in [0.1, 0.15) is 47.5 Å². The smallest absolute Gasteiger partial charge is 0.119 e. The highest BCUT2D eigenvalue weighted by Crippen LogP contribution is 2.48. The van der Waals surface area contributed by atoms with E-state index in [-0.39, 0.29) is 0 Å². The molecule has 0 atom stereocenters. The molecule has 96 valence electrons. The van der Waals surface area contributed by atoms with Gasteiger partial charge in [-0.1, -0.05) is 41.0 Å². The Kier molecular flexibility index (Phi) is 5.26. The van der Waals surface area contributed by atoms with Gasteiger partial charge in [-0.3, -0.25) is 0 Å². The maximum atomic E-state index is 3.14. The first-order chi connectivity index (χ1) is 7.64. The summed E-state index contributed by atoms with van der Waals surface area (Å²) in [6.07, 6.45) is 2.80. The van der Waals surface area contributed by atoms with Crippen LogP contribution in [0, 0.1) is 0 Å². The van der Waals surface area contributed by atoms with Gasteiger partial charge in [0.05, 0.1) is 0 Å². The Labute approximate surface area is 105 Å². The lowest BCUT2D eigenvalue weighted by Crippen LogP contribution is -2.79. The van der Waals surface area contributed by atoms with Crippen molar-refractivity contribution in [3.63, 3.8) is 0 Å². The second-order valence-corrected chi connectivity index (χ2v) is 16.2. The Morgan fingerprint density at radius 1 is 0.812 bits per heavy atom. The van der Waals surface area contributed by atoms with Gasteiger partial charge in [0.15, 0.2) is 0 Å². The highest BCUT2D eigenvalue weighted by molar-refractivity contribution is 7.09. The molecule has 1 saturated heterocycles. The van der Waals surface area contributed by atoms with Gasteiger partial charge in [-0.25, -0.2) is 0 Å². The normalized spacial score (nSPS) is 23.1. The lowest BCUT2D eigenvalue weighted by atomic mass is 10.3. The van der Waals surface area contributed by atoms with Gasteiger partial charge in [0.2, 0.25) is 0 Å². The highest BCUT2D eigenvalue weighted by Gasteiger charge is 2.59. The minimum absolute atomic E-state index is 0.940. The van der Waals surface area contributed by atoms with E-state index in [0.717, 1.165) is 0 Å². The average molecular weight is 258 g/mol. The summed E-state index contributed by atoms with van der Waals surface area (Å²) in [6.45, 7) is 13.6. The molecule has 1 nitrogen and oxygen atoms in total. The van der Waals surface area contributed by atoms with Gasteiger partial charge >= 0.3 is 0 Å². The van der Waals surface area contributed by atoms with Crippen LogP contribution in [0.25, 0.3) is 0 Å². The van der Waals surface area contributed by atoms with Crippen LogP contribution in [-0.2, 0) is 0 Å². The molecule has 0 aromatic heterocycles. The predicted octanol–water partition coefficient (Wildman–Crippen LogP) is 4.61. The minimum Gasteiger partial charge on any atom is -0.345 e. The molecule has 3 heteroatoms. The first-order valence-corrected chi connectivity index (χ1v) is 12.6. The summed E-state index contributed by atoms with van der Waals surface area (Å²) in [6, 6.07) is 6.01. The van der Waals surface area contributed by atoms with Crippen molar-refractivity contribution in [2.24, 2.45) is 0 Å². The van der Waals surface area contributed by atoms with E-state index in [1.807, 2.05) is 0 Å². The summed E-state index contributed by atoms with van der Waals surface area (Å²) >= 11 is 0. The Balaban J connectivity index is 2.78. The van der Waals surface area contributed by atoms with Crippen molar-refractivity contribution in [1.29, 1.82) is 0 Å². The van der Waals surface area contributed by atoms with Crippen LogP contribution in [0.15, 0.2) is 0 Å². The van der Waals surface area contributed by atoms with Crippen LogP contribution in [0.5, 0.6) is 0 Å². The molecule has 0 amide bonds. The third-order valence-corrected chi connectivity index (χ3v) is 21.3. The van der Waals surface area contributed by atoms with Crippen molar-refractivity contribution in [2.75, 3.05) is 6.54 Å². The first-order valence-electron chi connectivity index (χ1n) is 7.42. The van der Waals surface area contributed by atoms with Gasteiger partial charge < -0.3 is 4.23 Å². The van der Waals surface area contributed by atoms with Crippen molar-refractivity contribution in [1.82, 2.24) is 4.23 Å². The topological polar surface area (TPSA) is 3.24 Å². The Hall–Kier alpha value is 0.394. The number of hydrogen-bond donors (Lipinski definition) is 0. The predicted molar refractivity (Wildman–Crippen MR) is 79.9 cm³/mol. The van der Waals surface area contributed by atoms with E-state index in [9.17, 15) is 0 Å². The molecule has 0 aromatic rings. The molecule has 0 spiro atoms. The summed E-state index contributed by atoms with van der Waals surface area (Å²) in [7, 11) is -1.88. The van der Waals surface area contributed by atoms with Crippen LogP contribution in [0.3, 0.4) is 0 Å². The fourth-order valence-electron chi connectivity index (χ4n) is 3.77. The molecule has 1 rings (SSSR count). The van der Waals surface area contributed by atoms with Crippen LogP contribution < -0.4 is 0 Å². The van der Waals surface area contributed by atoms with Crippen molar-refractivity contribution >= 4 is 16.5 Å². The number of hydrogen-bond acceptors (Lipinski definition) is 1. The molecule has 0 N–H and O–H groups in total. The average Bonchev–Trinajstić information content (AvgIpc) is 2.31. The highest BCUT2D eigenvalue weighted by atomic mass is 28.5. The second-order valence-electron chi connectivity index (χ2n) is 5.54. The van der Waals surface area contributed by atoms with Crippen molar-refractivity contribution in [3.8, 4) is 0 Å². The zero-order valence-electron chi connectivity index (χ0n) is 12.1. The Morgan fingerprint density at radius 2 is 1.25 bits per heavy atom. The molecule has 1 aliphatic rings. The summed E-state index contributed by atoms with van der Waals surface area (Å²) in [5.74, 6) is 0. The van der Waals surface area contributed by atoms with Crippen molar-refractivity contribution < 1.29 is 0 Å². The molecule has 0 aliphatic carbocycles. The molecular weight excluding hydrogens is 226 g/mol. The molecule has 1 aliphatic heterocycles. The molecule has 16 heavy (non-hydrogen) atoms. The fourth-order valence-corrected chi connectivity index (χ4v) is 23.2. The van der Waals surface area contributed by atoms with E-state index in [4.69, 9.17) is 0 Å². The van der Waals surface area contributed by atoms with Crippen LogP contribution in [-0.4, -0.2) is 27.2 Å². The summed E-state index contributed by atoms with van der Waals surface area (Å²) < 4.78 is 3.14. The molecule has 0 radical (unpaired) electrons. The SMILES string of the molecule is CCCCN1[Si](CC)(CC)C[Si]1(CC)CC. The number of unbranched alkanes of at least 4 members (excludes halogenated alkanes) is 1. The summed E-state index contributed by atoms with van der Waals surface area (Å²) in [5, 5.41) is 0. The van der Waals surface area contributed by atoms with Crippen molar-refractivity contribution in [2.45, 2.75) is 77.3 Å². The molecule has 0 unspecified atom stereocenters. The Morgan fingerprint density at radius 3 is 1.56 bits per heavy atom. The minimum atomic E-state index is -0.940. The second kappa shape index (κ2) is 5.83. The van der Waals surface area contributed by atoms with Gasteiger partial charge in [-0.05, 0) is 42.8 Å². The van der Waals surface area contributed by atoms with E-state index in [0.29, 0.717) is 0 Å². The van der Waals surface area contributed by atoms with Crippen molar-refractivity contribution in [3.05, 3.63) is 0 Å². The third kappa shape index (κ3) is 2.18. The van der Waals surface area contributed by atoms with Gasteiger partial charge in [0, 0.05) is 0 Å². The number of rotatable bonds is 7. The first kappa shape index (κ1) is 14.5. The van der Waals surface area contributed by atoms with E-state index >= 15 is 0 Å². The maximum Gasteiger partial charge on any atom is 0.119 e. The zero-order valence-corrected chi connectivity index (χ0v) is 14.1. The maximum absolute atomic E-state index is 3.14. The van der Waals surface area contributed by atoms with E-state index in [1.165, 1.54) is 43.6 Å². The molecule has 0 bridgehead atoms. The van der Waals surface area contributed by atoms with Crippen LogP contribution >= 0.6 is 0 Å².